The molecule has 1 aliphatic heterocycles. The van der Waals surface area contributed by atoms with E-state index in [4.69, 9.17) is 18.9 Å². The minimum Gasteiger partial charge on any atom is -0.497 e. The Balaban J connectivity index is 1.62. The number of ether oxygens (including phenoxy) is 4. The highest BCUT2D eigenvalue weighted by atomic mass is 32.2. The van der Waals surface area contributed by atoms with Crippen LogP contribution in [0.25, 0.3) is 0 Å². The first-order valence-corrected chi connectivity index (χ1v) is 16.2. The highest BCUT2D eigenvalue weighted by molar-refractivity contribution is 7.92. The molecule has 42 heavy (non-hydrogen) atoms. The van der Waals surface area contributed by atoms with Gasteiger partial charge in [0.2, 0.25) is 0 Å². The summed E-state index contributed by atoms with van der Waals surface area (Å²) in [6.07, 6.45) is -0.240. The Morgan fingerprint density at radius 1 is 1.10 bits per heavy atom. The van der Waals surface area contributed by atoms with E-state index in [1.807, 2.05) is 38.1 Å². The third kappa shape index (κ3) is 4.82. The van der Waals surface area contributed by atoms with Crippen LogP contribution in [-0.4, -0.2) is 67.3 Å². The molecule has 0 amide bonds. The molecular weight excluding hydrogens is 556 g/mol. The Labute approximate surface area is 249 Å². The Hall–Kier alpha value is -2.27. The lowest BCUT2D eigenvalue weighted by Crippen LogP contribution is -2.67. The molecule has 7 atom stereocenters. The predicted octanol–water partition coefficient (Wildman–Crippen LogP) is 4.68. The first-order chi connectivity index (χ1) is 19.7. The fraction of sp³-hybridized carbons (Fsp3) is 0.576. The lowest BCUT2D eigenvalue weighted by molar-refractivity contribution is -0.222. The van der Waals surface area contributed by atoms with Gasteiger partial charge < -0.3 is 29.2 Å². The fourth-order valence-electron chi connectivity index (χ4n) is 7.98. The Kier molecular flexibility index (Phi) is 8.18. The second-order valence-electron chi connectivity index (χ2n) is 13.0. The minimum atomic E-state index is -4.21. The van der Waals surface area contributed by atoms with E-state index in [-0.39, 0.29) is 24.0 Å². The van der Waals surface area contributed by atoms with E-state index in [1.54, 1.807) is 51.3 Å². The average molecular weight is 601 g/mol. The highest BCUT2D eigenvalue weighted by Gasteiger charge is 2.73. The summed E-state index contributed by atoms with van der Waals surface area (Å²) in [5, 5.41) is 22.9. The summed E-state index contributed by atoms with van der Waals surface area (Å²) in [7, 11) is -2.61. The summed E-state index contributed by atoms with van der Waals surface area (Å²) in [6, 6.07) is 15.6. The molecule has 1 heterocycles. The van der Waals surface area contributed by atoms with E-state index in [0.29, 0.717) is 18.6 Å². The Morgan fingerprint density at radius 3 is 2.26 bits per heavy atom. The minimum absolute atomic E-state index is 0.0874. The molecule has 3 fully saturated rings. The number of aliphatic hydroxyl groups is 2. The summed E-state index contributed by atoms with van der Waals surface area (Å²) in [5.74, 6) is -0.296. The van der Waals surface area contributed by atoms with Crippen LogP contribution >= 0.6 is 0 Å². The largest absolute Gasteiger partial charge is 0.497 e. The molecule has 9 heteroatoms. The van der Waals surface area contributed by atoms with Gasteiger partial charge in [-0.1, -0.05) is 50.3 Å². The molecule has 0 unspecified atom stereocenters. The topological polar surface area (TPSA) is 112 Å². The molecule has 2 saturated carbocycles. The van der Waals surface area contributed by atoms with Gasteiger partial charge in [-0.3, -0.25) is 0 Å². The molecule has 3 aliphatic rings. The van der Waals surface area contributed by atoms with E-state index in [2.05, 4.69) is 6.58 Å². The molecule has 2 aliphatic carbocycles. The van der Waals surface area contributed by atoms with Gasteiger partial charge in [-0.05, 0) is 74.3 Å². The van der Waals surface area contributed by atoms with E-state index >= 15 is 0 Å². The van der Waals surface area contributed by atoms with Crippen LogP contribution in [0, 0.1) is 16.7 Å². The number of rotatable bonds is 11. The quantitative estimate of drug-likeness (QED) is 0.358. The Morgan fingerprint density at radius 2 is 1.76 bits per heavy atom. The lowest BCUT2D eigenvalue weighted by atomic mass is 9.63. The molecule has 5 rings (SSSR count). The predicted molar refractivity (Wildman–Crippen MR) is 159 cm³/mol. The summed E-state index contributed by atoms with van der Waals surface area (Å²) < 4.78 is 53.7. The average Bonchev–Trinajstić information content (AvgIpc) is 3.49. The number of aliphatic hydroxyl groups excluding tert-OH is 2. The monoisotopic (exact) mass is 600 g/mol. The molecule has 2 N–H and O–H groups in total. The van der Waals surface area contributed by atoms with Gasteiger partial charge in [-0.15, -0.1) is 6.58 Å². The van der Waals surface area contributed by atoms with Gasteiger partial charge >= 0.3 is 0 Å². The second-order valence-corrected chi connectivity index (χ2v) is 15.1. The smallest absolute Gasteiger partial charge is 0.184 e. The van der Waals surface area contributed by atoms with Crippen molar-refractivity contribution in [3.8, 4) is 5.75 Å². The van der Waals surface area contributed by atoms with Crippen LogP contribution in [0.1, 0.15) is 52.5 Å². The standard InChI is InChI=1S/C33H44O8S/c1-7-27(39-20-22-13-15-24(38-6)16-14-22)33(21-40-31(4,5)41-33)28(35)29(42(36,37)25-11-9-8-10-12-25)32-18-17-23(19-26(32)34)30(32,2)3/h7-16,23,26-29,34-35H,1,17-21H2,2-6H3/t23-,26+,27+,28-,29-,32+,33-/m0/s1. The summed E-state index contributed by atoms with van der Waals surface area (Å²) in [5.41, 5.74) is -2.47. The van der Waals surface area contributed by atoms with Crippen LogP contribution in [0.15, 0.2) is 72.1 Å². The van der Waals surface area contributed by atoms with Crippen LogP contribution in [0.2, 0.25) is 0 Å². The van der Waals surface area contributed by atoms with Crippen LogP contribution < -0.4 is 4.74 Å². The lowest BCUT2D eigenvalue weighted by Gasteiger charge is -2.51. The van der Waals surface area contributed by atoms with Gasteiger partial charge in [0, 0.05) is 5.41 Å². The SMILES string of the molecule is C=C[C@@H](OCc1ccc(OC)cc1)[C@]1([C@@H](O)[C@@H]([C@@]23CC[C@@H](C[C@H]2O)C3(C)C)S(=O)(=O)c2ccccc2)COC(C)(C)O1. The zero-order valence-corrected chi connectivity index (χ0v) is 26.0. The van der Waals surface area contributed by atoms with Crippen molar-refractivity contribution in [3.05, 3.63) is 72.8 Å². The van der Waals surface area contributed by atoms with Crippen molar-refractivity contribution in [1.82, 2.24) is 0 Å². The molecule has 2 bridgehead atoms. The van der Waals surface area contributed by atoms with Crippen molar-refractivity contribution < 1.29 is 37.6 Å². The maximum atomic E-state index is 14.7. The van der Waals surface area contributed by atoms with Gasteiger partial charge in [0.25, 0.3) is 0 Å². The van der Waals surface area contributed by atoms with Crippen LogP contribution in [0.5, 0.6) is 5.75 Å². The fourth-order valence-corrected chi connectivity index (χ4v) is 10.5. The van der Waals surface area contributed by atoms with Gasteiger partial charge in [0.15, 0.2) is 21.2 Å². The molecule has 230 valence electrons. The Bertz CT molecular complexity index is 1370. The number of methoxy groups -OCH3 is 1. The third-order valence-corrected chi connectivity index (χ3v) is 12.6. The number of benzene rings is 2. The van der Waals surface area contributed by atoms with Gasteiger partial charge in [0.05, 0.1) is 31.3 Å². The first-order valence-electron chi connectivity index (χ1n) is 14.6. The number of hydrogen-bond donors (Lipinski definition) is 2. The van der Waals surface area contributed by atoms with Crippen LogP contribution in [0.4, 0.5) is 0 Å². The highest BCUT2D eigenvalue weighted by Crippen LogP contribution is 2.69. The van der Waals surface area contributed by atoms with Crippen molar-refractivity contribution in [2.75, 3.05) is 13.7 Å². The summed E-state index contributed by atoms with van der Waals surface area (Å²) in [4.78, 5) is 0.0874. The third-order valence-electron chi connectivity index (χ3n) is 10.3. The molecule has 0 spiro atoms. The molecule has 8 nitrogen and oxygen atoms in total. The van der Waals surface area contributed by atoms with Gasteiger partial charge in [-0.25, -0.2) is 8.42 Å². The van der Waals surface area contributed by atoms with Crippen molar-refractivity contribution in [3.63, 3.8) is 0 Å². The number of hydrogen-bond acceptors (Lipinski definition) is 8. The first kappa shape index (κ1) is 31.2. The van der Waals surface area contributed by atoms with Crippen molar-refractivity contribution in [1.29, 1.82) is 0 Å². The van der Waals surface area contributed by atoms with Gasteiger partial charge in [0.1, 0.15) is 23.2 Å². The molecule has 2 aromatic carbocycles. The zero-order chi connectivity index (χ0) is 30.6. The van der Waals surface area contributed by atoms with E-state index in [9.17, 15) is 18.6 Å². The maximum Gasteiger partial charge on any atom is 0.184 e. The summed E-state index contributed by atoms with van der Waals surface area (Å²) in [6.45, 7) is 11.5. The van der Waals surface area contributed by atoms with Crippen LogP contribution in [0.3, 0.4) is 0 Å². The van der Waals surface area contributed by atoms with Crippen LogP contribution in [-0.2, 0) is 30.7 Å². The molecule has 2 aromatic rings. The zero-order valence-electron chi connectivity index (χ0n) is 25.2. The molecule has 1 saturated heterocycles. The molecular formula is C33H44O8S. The number of sulfone groups is 1. The maximum absolute atomic E-state index is 14.7. The van der Waals surface area contributed by atoms with E-state index in [1.165, 1.54) is 6.08 Å². The second kappa shape index (κ2) is 11.0. The normalized spacial score (nSPS) is 31.9. The molecule has 0 aromatic heterocycles. The van der Waals surface area contributed by atoms with E-state index < -0.39 is 55.6 Å². The van der Waals surface area contributed by atoms with Crippen molar-refractivity contribution in [2.24, 2.45) is 16.7 Å². The van der Waals surface area contributed by atoms with E-state index in [0.717, 1.165) is 12.0 Å². The van der Waals surface area contributed by atoms with Crippen molar-refractivity contribution in [2.45, 2.75) is 93.4 Å². The molecule has 0 radical (unpaired) electrons. The summed E-state index contributed by atoms with van der Waals surface area (Å²) >= 11 is 0. The van der Waals surface area contributed by atoms with Crippen molar-refractivity contribution >= 4 is 9.84 Å². The number of fused-ring (bicyclic) bond motifs is 2. The van der Waals surface area contributed by atoms with Gasteiger partial charge in [-0.2, -0.15) is 0 Å².